The first-order valence-electron chi connectivity index (χ1n) is 7.06. The third-order valence-electron chi connectivity index (χ3n) is 2.57. The van der Waals surface area contributed by atoms with Gasteiger partial charge in [0.1, 0.15) is 6.61 Å². The third kappa shape index (κ3) is 14.2. The zero-order valence-electron chi connectivity index (χ0n) is 12.2. The summed E-state index contributed by atoms with van der Waals surface area (Å²) in [5.41, 5.74) is 0. The number of carboxylic acid groups (broad SMARTS) is 1. The van der Waals surface area contributed by atoms with Gasteiger partial charge in [0.15, 0.2) is 0 Å². The summed E-state index contributed by atoms with van der Waals surface area (Å²) < 4.78 is 4.71. The molecule has 21 heavy (non-hydrogen) atoms. The van der Waals surface area contributed by atoms with E-state index in [4.69, 9.17) is 9.84 Å². The van der Waals surface area contributed by atoms with Crippen molar-refractivity contribution < 1.29 is 24.2 Å². The minimum Gasteiger partial charge on any atom is -0.481 e. The van der Waals surface area contributed by atoms with Crippen molar-refractivity contribution in [3.63, 3.8) is 0 Å². The number of alkyl carbamates (subject to hydrolysis) is 1. The maximum Gasteiger partial charge on any atom is 0.407 e. The number of ether oxygens (including phenoxy) is 1. The van der Waals surface area contributed by atoms with E-state index in [0.29, 0.717) is 32.4 Å². The lowest BCUT2D eigenvalue weighted by Gasteiger charge is -2.06. The topological polar surface area (TPSA) is 105 Å². The van der Waals surface area contributed by atoms with Gasteiger partial charge in [0.25, 0.3) is 0 Å². The monoisotopic (exact) mass is 300 g/mol. The molecule has 0 aliphatic heterocycles. The van der Waals surface area contributed by atoms with Crippen molar-refractivity contribution in [2.75, 3.05) is 19.7 Å². The van der Waals surface area contributed by atoms with E-state index in [1.165, 1.54) is 6.08 Å². The van der Waals surface area contributed by atoms with E-state index in [2.05, 4.69) is 17.2 Å². The molecule has 0 fully saturated rings. The maximum absolute atomic E-state index is 11.4. The van der Waals surface area contributed by atoms with Gasteiger partial charge < -0.3 is 20.5 Å². The molecule has 0 saturated heterocycles. The zero-order chi connectivity index (χ0) is 15.9. The fourth-order valence-corrected chi connectivity index (χ4v) is 1.52. The summed E-state index contributed by atoms with van der Waals surface area (Å²) in [6.07, 6.45) is 4.17. The molecule has 0 radical (unpaired) electrons. The molecular weight excluding hydrogens is 276 g/mol. The van der Waals surface area contributed by atoms with Gasteiger partial charge in [-0.3, -0.25) is 9.59 Å². The Morgan fingerprint density at radius 3 is 2.38 bits per heavy atom. The number of aliphatic carboxylic acids is 1. The Morgan fingerprint density at radius 1 is 1.00 bits per heavy atom. The van der Waals surface area contributed by atoms with E-state index >= 15 is 0 Å². The van der Waals surface area contributed by atoms with Crippen LogP contribution in [0.2, 0.25) is 0 Å². The van der Waals surface area contributed by atoms with Crippen molar-refractivity contribution in [2.45, 2.75) is 38.5 Å². The van der Waals surface area contributed by atoms with Gasteiger partial charge in [0, 0.05) is 25.9 Å². The molecule has 0 aromatic heterocycles. The van der Waals surface area contributed by atoms with Crippen LogP contribution in [0.4, 0.5) is 4.79 Å². The van der Waals surface area contributed by atoms with Crippen LogP contribution in [0.25, 0.3) is 0 Å². The van der Waals surface area contributed by atoms with E-state index in [1.54, 1.807) is 0 Å². The van der Waals surface area contributed by atoms with Crippen LogP contribution in [0.5, 0.6) is 0 Å². The molecule has 0 rings (SSSR count). The zero-order valence-corrected chi connectivity index (χ0v) is 12.2. The van der Waals surface area contributed by atoms with Crippen molar-refractivity contribution in [1.82, 2.24) is 10.6 Å². The largest absolute Gasteiger partial charge is 0.481 e. The van der Waals surface area contributed by atoms with Crippen molar-refractivity contribution in [3.8, 4) is 0 Å². The minimum atomic E-state index is -0.793. The summed E-state index contributed by atoms with van der Waals surface area (Å²) in [6.45, 7) is 4.51. The van der Waals surface area contributed by atoms with Gasteiger partial charge in [-0.05, 0) is 19.3 Å². The average molecular weight is 300 g/mol. The van der Waals surface area contributed by atoms with Gasteiger partial charge in [-0.1, -0.05) is 19.1 Å². The molecule has 0 heterocycles. The van der Waals surface area contributed by atoms with E-state index in [0.717, 1.165) is 12.8 Å². The fourth-order valence-electron chi connectivity index (χ4n) is 1.52. The fraction of sp³-hybridized carbons (Fsp3) is 0.643. The van der Waals surface area contributed by atoms with Crippen LogP contribution in [0.1, 0.15) is 38.5 Å². The quantitative estimate of drug-likeness (QED) is 0.373. The Balaban J connectivity index is 3.36. The Hall–Kier alpha value is -2.05. The number of carboxylic acids is 1. The van der Waals surface area contributed by atoms with Crippen LogP contribution in [-0.2, 0) is 14.3 Å². The first-order valence-corrected chi connectivity index (χ1v) is 7.06. The number of hydrogen-bond donors (Lipinski definition) is 3. The predicted octanol–water partition coefficient (Wildman–Crippen LogP) is 1.44. The molecule has 0 spiro atoms. The van der Waals surface area contributed by atoms with Gasteiger partial charge in [0.05, 0.1) is 0 Å². The highest BCUT2D eigenvalue weighted by Gasteiger charge is 2.03. The molecule has 0 saturated carbocycles. The Labute approximate surface area is 124 Å². The minimum absolute atomic E-state index is 0.0745. The number of carbonyl (C=O) groups is 3. The number of rotatable bonds is 12. The Morgan fingerprint density at radius 2 is 1.71 bits per heavy atom. The summed E-state index contributed by atoms with van der Waals surface area (Å²) in [6, 6.07) is 0. The first kappa shape index (κ1) is 18.9. The first-order chi connectivity index (χ1) is 10.1. The second-order valence-corrected chi connectivity index (χ2v) is 4.47. The van der Waals surface area contributed by atoms with Crippen LogP contribution >= 0.6 is 0 Å². The molecule has 120 valence electrons. The molecule has 0 bridgehead atoms. The lowest BCUT2D eigenvalue weighted by Crippen LogP contribution is -2.28. The molecule has 0 aromatic carbocycles. The summed E-state index contributed by atoms with van der Waals surface area (Å²) in [4.78, 5) is 32.8. The predicted molar refractivity (Wildman–Crippen MR) is 77.9 cm³/mol. The van der Waals surface area contributed by atoms with Crippen molar-refractivity contribution in [3.05, 3.63) is 12.7 Å². The third-order valence-corrected chi connectivity index (χ3v) is 2.57. The second kappa shape index (κ2) is 13.0. The van der Waals surface area contributed by atoms with Crippen LogP contribution in [0.15, 0.2) is 12.7 Å². The van der Waals surface area contributed by atoms with Gasteiger partial charge in [-0.25, -0.2) is 4.79 Å². The van der Waals surface area contributed by atoms with Crippen molar-refractivity contribution >= 4 is 18.0 Å². The molecule has 7 nitrogen and oxygen atoms in total. The summed E-state index contributed by atoms with van der Waals surface area (Å²) in [5.74, 6) is -0.868. The van der Waals surface area contributed by atoms with E-state index in [-0.39, 0.29) is 18.9 Å². The highest BCUT2D eigenvalue weighted by molar-refractivity contribution is 5.75. The molecule has 0 aliphatic rings. The molecule has 0 atom stereocenters. The standard InChI is InChI=1S/C14H24N2O5/c1-2-11-21-14(20)16-10-6-7-12(17)15-9-5-3-4-8-13(18)19/h2H,1,3-11H2,(H,15,17)(H,16,20)(H,18,19). The van der Waals surface area contributed by atoms with E-state index in [1.807, 2.05) is 0 Å². The van der Waals surface area contributed by atoms with Gasteiger partial charge in [0.2, 0.25) is 5.91 Å². The Kier molecular flexibility index (Phi) is 11.7. The average Bonchev–Trinajstić information content (AvgIpc) is 2.44. The number of hydrogen-bond acceptors (Lipinski definition) is 4. The van der Waals surface area contributed by atoms with Crippen LogP contribution in [0.3, 0.4) is 0 Å². The lowest BCUT2D eigenvalue weighted by molar-refractivity contribution is -0.137. The van der Waals surface area contributed by atoms with E-state index < -0.39 is 12.1 Å². The number of carbonyl (C=O) groups excluding carboxylic acids is 2. The highest BCUT2D eigenvalue weighted by atomic mass is 16.5. The molecule has 0 aliphatic carbocycles. The second-order valence-electron chi connectivity index (χ2n) is 4.47. The molecular formula is C14H24N2O5. The van der Waals surface area contributed by atoms with Crippen molar-refractivity contribution in [1.29, 1.82) is 0 Å². The molecule has 7 heteroatoms. The summed E-state index contributed by atoms with van der Waals surface area (Å²) >= 11 is 0. The molecule has 0 unspecified atom stereocenters. The number of unbranched alkanes of at least 4 members (excludes halogenated alkanes) is 2. The molecule has 2 amide bonds. The van der Waals surface area contributed by atoms with Gasteiger partial charge >= 0.3 is 12.1 Å². The summed E-state index contributed by atoms with van der Waals surface area (Å²) in [5, 5.41) is 13.7. The smallest absolute Gasteiger partial charge is 0.407 e. The highest BCUT2D eigenvalue weighted by Crippen LogP contribution is 1.98. The van der Waals surface area contributed by atoms with Gasteiger partial charge in [-0.15, -0.1) is 0 Å². The van der Waals surface area contributed by atoms with Gasteiger partial charge in [-0.2, -0.15) is 0 Å². The number of amides is 2. The molecule has 0 aromatic rings. The van der Waals surface area contributed by atoms with Crippen molar-refractivity contribution in [2.24, 2.45) is 0 Å². The Bertz CT molecular complexity index is 344. The SMILES string of the molecule is C=CCOC(=O)NCCCC(=O)NCCCCCC(=O)O. The van der Waals surface area contributed by atoms with Crippen LogP contribution in [0, 0.1) is 0 Å². The number of nitrogens with one attached hydrogen (secondary N) is 2. The maximum atomic E-state index is 11.4. The lowest BCUT2D eigenvalue weighted by atomic mass is 10.2. The summed E-state index contributed by atoms with van der Waals surface area (Å²) in [7, 11) is 0. The van der Waals surface area contributed by atoms with E-state index in [9.17, 15) is 14.4 Å². The molecule has 3 N–H and O–H groups in total. The van der Waals surface area contributed by atoms with Crippen LogP contribution < -0.4 is 10.6 Å². The normalized spacial score (nSPS) is 9.71. The van der Waals surface area contributed by atoms with Crippen LogP contribution in [-0.4, -0.2) is 42.8 Å².